The fourth-order valence-corrected chi connectivity index (χ4v) is 3.82. The molecule has 6 nitrogen and oxygen atoms in total. The van der Waals surface area contributed by atoms with Gasteiger partial charge in [-0.15, -0.1) is 0 Å². The number of ether oxygens (including phenoxy) is 2. The Labute approximate surface area is 205 Å². The molecule has 0 spiro atoms. The minimum absolute atomic E-state index is 0.293. The molecular weight excluding hydrogens is 487 g/mol. The lowest BCUT2D eigenvalue weighted by atomic mass is 10.2. The molecule has 1 unspecified atom stereocenters. The van der Waals surface area contributed by atoms with Gasteiger partial charge in [-0.2, -0.15) is 0 Å². The Morgan fingerprint density at radius 1 is 1.09 bits per heavy atom. The summed E-state index contributed by atoms with van der Waals surface area (Å²) in [6.45, 7) is 3.79. The molecule has 9 heteroatoms. The van der Waals surface area contributed by atoms with Gasteiger partial charge in [0.05, 0.1) is 16.1 Å². The zero-order valence-corrected chi connectivity index (χ0v) is 19.9. The molecule has 33 heavy (non-hydrogen) atoms. The smallest absolute Gasteiger partial charge is 0.344 e. The van der Waals surface area contributed by atoms with E-state index in [-0.39, 0.29) is 0 Å². The Morgan fingerprint density at radius 3 is 2.52 bits per heavy atom. The Bertz CT molecular complexity index is 1340. The van der Waals surface area contributed by atoms with Crippen molar-refractivity contribution in [1.29, 1.82) is 0 Å². The monoisotopic (exact) mass is 504 g/mol. The molecular formula is C24H19Cl3N2O4. The predicted molar refractivity (Wildman–Crippen MR) is 129 cm³/mol. The van der Waals surface area contributed by atoms with Gasteiger partial charge in [0.25, 0.3) is 0 Å². The topological polar surface area (TPSA) is 73.6 Å². The van der Waals surface area contributed by atoms with Gasteiger partial charge in [-0.1, -0.05) is 40.9 Å². The van der Waals surface area contributed by atoms with E-state index in [0.717, 1.165) is 16.6 Å². The highest BCUT2D eigenvalue weighted by atomic mass is 35.5. The average molecular weight is 506 g/mol. The van der Waals surface area contributed by atoms with E-state index in [9.17, 15) is 4.79 Å². The molecule has 170 valence electrons. The summed E-state index contributed by atoms with van der Waals surface area (Å²) in [7, 11) is 0. The van der Waals surface area contributed by atoms with E-state index in [1.807, 2.05) is 23.6 Å². The second-order valence-corrected chi connectivity index (χ2v) is 8.66. The molecule has 2 aromatic heterocycles. The van der Waals surface area contributed by atoms with Crippen LogP contribution in [0.2, 0.25) is 15.2 Å². The Hall–Kier alpha value is -2.93. The number of halogens is 3. The quantitative estimate of drug-likeness (QED) is 0.274. The van der Waals surface area contributed by atoms with Crippen LogP contribution in [0.4, 0.5) is 0 Å². The molecule has 0 aliphatic heterocycles. The zero-order chi connectivity index (χ0) is 23.7. The molecule has 1 atom stereocenters. The van der Waals surface area contributed by atoms with Crippen LogP contribution in [0.5, 0.6) is 17.2 Å². The van der Waals surface area contributed by atoms with Gasteiger partial charge >= 0.3 is 5.97 Å². The second kappa shape index (κ2) is 9.51. The number of fused-ring (bicyclic) bond motifs is 1. The van der Waals surface area contributed by atoms with Gasteiger partial charge in [-0.25, -0.2) is 9.78 Å². The van der Waals surface area contributed by atoms with Crippen LogP contribution in [0.15, 0.2) is 54.6 Å². The average Bonchev–Trinajstić information content (AvgIpc) is 3.02. The number of aromatic nitrogens is 2. The lowest BCUT2D eigenvalue weighted by Gasteiger charge is -2.14. The van der Waals surface area contributed by atoms with Gasteiger partial charge in [0.2, 0.25) is 0 Å². The van der Waals surface area contributed by atoms with Crippen molar-refractivity contribution in [2.45, 2.75) is 26.5 Å². The van der Waals surface area contributed by atoms with Crippen LogP contribution in [0, 0.1) is 6.92 Å². The van der Waals surface area contributed by atoms with Crippen LogP contribution in [-0.4, -0.2) is 26.7 Å². The number of nitrogens with zero attached hydrogens (tertiary/aromatic N) is 2. The van der Waals surface area contributed by atoms with Gasteiger partial charge in [0, 0.05) is 11.6 Å². The van der Waals surface area contributed by atoms with Gasteiger partial charge in [-0.05, 0) is 67.9 Å². The van der Waals surface area contributed by atoms with Gasteiger partial charge in [0.15, 0.2) is 11.9 Å². The first-order chi connectivity index (χ1) is 15.7. The van der Waals surface area contributed by atoms with Crippen LogP contribution in [-0.2, 0) is 11.3 Å². The Morgan fingerprint density at radius 2 is 1.82 bits per heavy atom. The summed E-state index contributed by atoms with van der Waals surface area (Å²) in [6.07, 6.45) is -1.04. The number of hydrogen-bond acceptors (Lipinski definition) is 4. The van der Waals surface area contributed by atoms with Crippen molar-refractivity contribution in [3.05, 3.63) is 81.1 Å². The first-order valence-corrected chi connectivity index (χ1v) is 11.1. The minimum atomic E-state index is -1.08. The van der Waals surface area contributed by atoms with E-state index in [2.05, 4.69) is 4.98 Å². The summed E-state index contributed by atoms with van der Waals surface area (Å²) >= 11 is 18.4. The highest BCUT2D eigenvalue weighted by Crippen LogP contribution is 2.37. The van der Waals surface area contributed by atoms with E-state index in [1.165, 1.54) is 6.92 Å². The maximum atomic E-state index is 11.2. The first kappa shape index (κ1) is 23.2. The summed E-state index contributed by atoms with van der Waals surface area (Å²) in [5.74, 6) is 0.510. The molecule has 0 aliphatic carbocycles. The maximum absolute atomic E-state index is 11.2. The molecule has 0 saturated heterocycles. The molecule has 0 aliphatic rings. The van der Waals surface area contributed by atoms with Crippen molar-refractivity contribution in [1.82, 2.24) is 9.55 Å². The normalized spacial score (nSPS) is 12.0. The maximum Gasteiger partial charge on any atom is 0.344 e. The molecule has 0 radical (unpaired) electrons. The molecule has 1 N–H and O–H groups in total. The molecule has 2 aromatic carbocycles. The number of aliphatic carboxylic acids is 1. The number of hydrogen-bond donors (Lipinski definition) is 1. The largest absolute Gasteiger partial charge is 0.479 e. The second-order valence-electron chi connectivity index (χ2n) is 7.42. The fraction of sp³-hybridized carbons (Fsp3) is 0.167. The highest BCUT2D eigenvalue weighted by molar-refractivity contribution is 6.32. The number of benzene rings is 2. The molecule has 4 rings (SSSR count). The van der Waals surface area contributed by atoms with Crippen LogP contribution >= 0.6 is 34.8 Å². The number of rotatable bonds is 7. The molecule has 4 aromatic rings. The summed E-state index contributed by atoms with van der Waals surface area (Å²) in [4.78, 5) is 15.7. The van der Waals surface area contributed by atoms with Crippen molar-refractivity contribution in [3.63, 3.8) is 0 Å². The van der Waals surface area contributed by atoms with Crippen LogP contribution in [0.1, 0.15) is 18.2 Å². The third-order valence-corrected chi connectivity index (χ3v) is 5.87. The van der Waals surface area contributed by atoms with E-state index in [4.69, 9.17) is 49.4 Å². The van der Waals surface area contributed by atoms with Crippen LogP contribution in [0.3, 0.4) is 0 Å². The van der Waals surface area contributed by atoms with Gasteiger partial charge < -0.3 is 19.1 Å². The predicted octanol–water partition coefficient (Wildman–Crippen LogP) is 7.00. The minimum Gasteiger partial charge on any atom is -0.479 e. The first-order valence-electron chi connectivity index (χ1n) is 9.99. The molecule has 0 amide bonds. The number of carboxylic acid groups (broad SMARTS) is 1. The standard InChI is InChI=1S/C24H19Cl3N2O4/c1-13-22(33-17-6-4-16(25)5-7-17)18-8-10-21(27)28-23(18)29(13)12-15-3-9-19(26)20(11-15)32-14(2)24(30)31/h3-11,14H,12H2,1-2H3,(H,30,31). The van der Waals surface area contributed by atoms with E-state index >= 15 is 0 Å². The Balaban J connectivity index is 1.74. The highest BCUT2D eigenvalue weighted by Gasteiger charge is 2.19. The van der Waals surface area contributed by atoms with Crippen molar-refractivity contribution in [2.24, 2.45) is 0 Å². The van der Waals surface area contributed by atoms with Gasteiger partial charge in [-0.3, -0.25) is 0 Å². The summed E-state index contributed by atoms with van der Waals surface area (Å²) in [5.41, 5.74) is 2.33. The summed E-state index contributed by atoms with van der Waals surface area (Å²) in [5, 5.41) is 11.2. The summed E-state index contributed by atoms with van der Waals surface area (Å²) in [6, 6.07) is 15.9. The van der Waals surface area contributed by atoms with Crippen molar-refractivity contribution in [2.75, 3.05) is 0 Å². The molecule has 0 fully saturated rings. The number of pyridine rings is 1. The zero-order valence-electron chi connectivity index (χ0n) is 17.7. The van der Waals surface area contributed by atoms with Gasteiger partial charge in [0.1, 0.15) is 22.3 Å². The summed E-state index contributed by atoms with van der Waals surface area (Å²) < 4.78 is 13.7. The lowest BCUT2D eigenvalue weighted by Crippen LogP contribution is -2.23. The number of carbonyl (C=O) groups is 1. The van der Waals surface area contributed by atoms with E-state index in [1.54, 1.807) is 42.5 Å². The van der Waals surface area contributed by atoms with E-state index in [0.29, 0.717) is 44.6 Å². The SMILES string of the molecule is Cc1c(Oc2ccc(Cl)cc2)c2ccc(Cl)nc2n1Cc1ccc(Cl)c(OC(C)C(=O)O)c1. The van der Waals surface area contributed by atoms with Crippen LogP contribution in [0.25, 0.3) is 11.0 Å². The van der Waals surface area contributed by atoms with Crippen molar-refractivity contribution < 1.29 is 19.4 Å². The Kier molecular flexibility index (Phi) is 6.70. The van der Waals surface area contributed by atoms with Crippen molar-refractivity contribution >= 4 is 51.8 Å². The van der Waals surface area contributed by atoms with Crippen molar-refractivity contribution in [3.8, 4) is 17.2 Å². The molecule has 0 saturated carbocycles. The molecule has 2 heterocycles. The third-order valence-electron chi connectivity index (χ3n) is 5.10. The number of carboxylic acids is 1. The fourth-order valence-electron chi connectivity index (χ4n) is 3.39. The van der Waals surface area contributed by atoms with E-state index < -0.39 is 12.1 Å². The molecule has 0 bridgehead atoms. The third kappa shape index (κ3) is 5.03. The van der Waals surface area contributed by atoms with Crippen LogP contribution < -0.4 is 9.47 Å². The lowest BCUT2D eigenvalue weighted by molar-refractivity contribution is -0.144.